The van der Waals surface area contributed by atoms with Gasteiger partial charge in [-0.05, 0) is 48.5 Å². The molecular formula is C18H11F4NO3. The van der Waals surface area contributed by atoms with Crippen molar-refractivity contribution in [2.75, 3.05) is 0 Å². The molecule has 0 N–H and O–H groups in total. The zero-order valence-electron chi connectivity index (χ0n) is 13.1. The summed E-state index contributed by atoms with van der Waals surface area (Å²) in [5.41, 5.74) is -0.00829. The number of oxazole rings is 1. The second-order valence-corrected chi connectivity index (χ2v) is 5.30. The van der Waals surface area contributed by atoms with Crippen LogP contribution in [0.3, 0.4) is 0 Å². The van der Waals surface area contributed by atoms with Crippen LogP contribution in [-0.2, 0) is 17.5 Å². The summed E-state index contributed by atoms with van der Waals surface area (Å²) in [4.78, 5) is 16.0. The number of carbonyl (C=O) groups is 1. The quantitative estimate of drug-likeness (QED) is 0.490. The van der Waals surface area contributed by atoms with Gasteiger partial charge in [0, 0.05) is 5.56 Å². The van der Waals surface area contributed by atoms with Crippen LogP contribution in [0.4, 0.5) is 17.6 Å². The molecule has 0 aliphatic rings. The van der Waals surface area contributed by atoms with Crippen molar-refractivity contribution < 1.29 is 31.5 Å². The largest absolute Gasteiger partial charge is 0.455 e. The van der Waals surface area contributed by atoms with Crippen LogP contribution < -0.4 is 0 Å². The number of alkyl halides is 3. The Morgan fingerprint density at radius 2 is 1.69 bits per heavy atom. The van der Waals surface area contributed by atoms with Crippen molar-refractivity contribution in [3.8, 4) is 11.5 Å². The molecule has 0 saturated heterocycles. The van der Waals surface area contributed by atoms with E-state index in [0.29, 0.717) is 11.3 Å². The summed E-state index contributed by atoms with van der Waals surface area (Å²) in [7, 11) is 0. The van der Waals surface area contributed by atoms with E-state index in [9.17, 15) is 22.4 Å². The van der Waals surface area contributed by atoms with Crippen LogP contribution in [0.5, 0.6) is 0 Å². The molecule has 4 nitrogen and oxygen atoms in total. The Hall–Kier alpha value is -3.16. The van der Waals surface area contributed by atoms with Gasteiger partial charge in [-0.3, -0.25) is 0 Å². The van der Waals surface area contributed by atoms with Crippen molar-refractivity contribution in [1.29, 1.82) is 0 Å². The average molecular weight is 365 g/mol. The Kier molecular flexibility index (Phi) is 4.75. The van der Waals surface area contributed by atoms with Crippen LogP contribution in [0, 0.1) is 5.82 Å². The molecule has 1 heterocycles. The lowest BCUT2D eigenvalue weighted by atomic mass is 10.1. The molecule has 0 radical (unpaired) electrons. The van der Waals surface area contributed by atoms with Crippen LogP contribution in [0.2, 0.25) is 0 Å². The summed E-state index contributed by atoms with van der Waals surface area (Å²) in [6, 6.07) is 9.17. The third-order valence-electron chi connectivity index (χ3n) is 3.44. The first kappa shape index (κ1) is 17.7. The summed E-state index contributed by atoms with van der Waals surface area (Å²) in [6.07, 6.45) is -3.20. The van der Waals surface area contributed by atoms with Crippen LogP contribution in [0.25, 0.3) is 11.5 Å². The summed E-state index contributed by atoms with van der Waals surface area (Å²) in [5, 5.41) is 0. The first-order valence-corrected chi connectivity index (χ1v) is 7.37. The average Bonchev–Trinajstić information content (AvgIpc) is 3.08. The Balaban J connectivity index is 1.62. The zero-order chi connectivity index (χ0) is 18.7. The number of carbonyl (C=O) groups excluding carboxylic acids is 1. The number of hydrogen-bond acceptors (Lipinski definition) is 4. The van der Waals surface area contributed by atoms with E-state index < -0.39 is 23.5 Å². The van der Waals surface area contributed by atoms with Crippen LogP contribution in [0.1, 0.15) is 21.6 Å². The highest BCUT2D eigenvalue weighted by Gasteiger charge is 2.30. The van der Waals surface area contributed by atoms with Crippen molar-refractivity contribution in [1.82, 2.24) is 4.98 Å². The second-order valence-electron chi connectivity index (χ2n) is 5.30. The van der Waals surface area contributed by atoms with Gasteiger partial charge in [0.15, 0.2) is 0 Å². The van der Waals surface area contributed by atoms with Gasteiger partial charge >= 0.3 is 12.1 Å². The SMILES string of the molecule is O=C(OCc1coc(-c2ccc(F)cc2)n1)c1ccc(C(F)(F)F)cc1. The number of nitrogens with zero attached hydrogens (tertiary/aromatic N) is 1. The van der Waals surface area contributed by atoms with Crippen molar-refractivity contribution in [2.24, 2.45) is 0 Å². The molecule has 0 saturated carbocycles. The van der Waals surface area contributed by atoms with E-state index in [2.05, 4.69) is 4.98 Å². The fourth-order valence-electron chi connectivity index (χ4n) is 2.12. The molecule has 0 aliphatic heterocycles. The molecule has 3 rings (SSSR count). The van der Waals surface area contributed by atoms with Gasteiger partial charge in [-0.1, -0.05) is 0 Å². The maximum Gasteiger partial charge on any atom is 0.416 e. The lowest BCUT2D eigenvalue weighted by molar-refractivity contribution is -0.137. The summed E-state index contributed by atoms with van der Waals surface area (Å²) in [5.74, 6) is -0.957. The first-order valence-electron chi connectivity index (χ1n) is 7.37. The standard InChI is InChI=1S/C18H11F4NO3/c19-14-7-3-11(4-8-14)16-23-15(9-25-16)10-26-17(24)12-1-5-13(6-2-12)18(20,21)22/h1-9H,10H2. The van der Waals surface area contributed by atoms with Crippen LogP contribution >= 0.6 is 0 Å². The van der Waals surface area contributed by atoms with Crippen molar-refractivity contribution in [2.45, 2.75) is 12.8 Å². The van der Waals surface area contributed by atoms with E-state index in [1.165, 1.54) is 30.5 Å². The van der Waals surface area contributed by atoms with E-state index >= 15 is 0 Å². The summed E-state index contributed by atoms with van der Waals surface area (Å²) < 4.78 is 60.6. The summed E-state index contributed by atoms with van der Waals surface area (Å²) >= 11 is 0. The van der Waals surface area contributed by atoms with E-state index in [-0.39, 0.29) is 18.1 Å². The number of rotatable bonds is 4. The number of ether oxygens (including phenoxy) is 1. The minimum Gasteiger partial charge on any atom is -0.455 e. The molecule has 0 unspecified atom stereocenters. The maximum atomic E-state index is 12.9. The zero-order valence-corrected chi connectivity index (χ0v) is 13.1. The van der Waals surface area contributed by atoms with Gasteiger partial charge in [0.25, 0.3) is 0 Å². The molecule has 0 aliphatic carbocycles. The van der Waals surface area contributed by atoms with Crippen molar-refractivity contribution in [3.05, 3.63) is 77.4 Å². The minimum absolute atomic E-state index is 0.0137. The number of hydrogen-bond donors (Lipinski definition) is 0. The van der Waals surface area contributed by atoms with Crippen molar-refractivity contribution in [3.63, 3.8) is 0 Å². The molecule has 3 aromatic rings. The minimum atomic E-state index is -4.47. The third-order valence-corrected chi connectivity index (χ3v) is 3.44. The van der Waals surface area contributed by atoms with Gasteiger partial charge in [-0.15, -0.1) is 0 Å². The van der Waals surface area contributed by atoms with E-state index in [1.807, 2.05) is 0 Å². The molecular weight excluding hydrogens is 354 g/mol. The predicted octanol–water partition coefficient (Wildman–Crippen LogP) is 4.86. The molecule has 2 aromatic carbocycles. The molecule has 1 aromatic heterocycles. The monoisotopic (exact) mass is 365 g/mol. The molecule has 0 atom stereocenters. The highest BCUT2D eigenvalue weighted by molar-refractivity contribution is 5.89. The fraction of sp³-hybridized carbons (Fsp3) is 0.111. The molecule has 0 spiro atoms. The molecule has 0 bridgehead atoms. The van der Waals surface area contributed by atoms with Gasteiger partial charge in [0.1, 0.15) is 24.4 Å². The highest BCUT2D eigenvalue weighted by atomic mass is 19.4. The van der Waals surface area contributed by atoms with Gasteiger partial charge in [-0.2, -0.15) is 13.2 Å². The smallest absolute Gasteiger partial charge is 0.416 e. The second kappa shape index (κ2) is 6.99. The van der Waals surface area contributed by atoms with Crippen LogP contribution in [-0.4, -0.2) is 11.0 Å². The lowest BCUT2D eigenvalue weighted by Crippen LogP contribution is -2.08. The normalized spacial score (nSPS) is 11.4. The Bertz CT molecular complexity index is 899. The number of esters is 1. The van der Waals surface area contributed by atoms with Crippen molar-refractivity contribution >= 4 is 5.97 Å². The fourth-order valence-corrected chi connectivity index (χ4v) is 2.12. The molecule has 0 amide bonds. The first-order chi connectivity index (χ1) is 12.3. The molecule has 134 valence electrons. The Morgan fingerprint density at radius 1 is 1.04 bits per heavy atom. The maximum absolute atomic E-state index is 12.9. The third kappa shape index (κ3) is 4.08. The summed E-state index contributed by atoms with van der Waals surface area (Å²) in [6.45, 7) is -0.218. The highest BCUT2D eigenvalue weighted by Crippen LogP contribution is 2.29. The van der Waals surface area contributed by atoms with Crippen LogP contribution in [0.15, 0.2) is 59.2 Å². The number of aromatic nitrogens is 1. The molecule has 0 fully saturated rings. The van der Waals surface area contributed by atoms with E-state index in [4.69, 9.17) is 9.15 Å². The molecule has 8 heteroatoms. The van der Waals surface area contributed by atoms with Gasteiger partial charge in [0.2, 0.25) is 5.89 Å². The van der Waals surface area contributed by atoms with E-state index in [0.717, 1.165) is 24.3 Å². The van der Waals surface area contributed by atoms with Gasteiger partial charge < -0.3 is 9.15 Å². The number of benzene rings is 2. The topological polar surface area (TPSA) is 52.3 Å². The predicted molar refractivity (Wildman–Crippen MR) is 82.5 cm³/mol. The lowest BCUT2D eigenvalue weighted by Gasteiger charge is -2.07. The Labute approximate surface area is 145 Å². The van der Waals surface area contributed by atoms with Gasteiger partial charge in [-0.25, -0.2) is 14.2 Å². The Morgan fingerprint density at radius 3 is 2.31 bits per heavy atom. The molecule has 26 heavy (non-hydrogen) atoms. The van der Waals surface area contributed by atoms with Gasteiger partial charge in [0.05, 0.1) is 11.1 Å². The number of halogens is 4. The van der Waals surface area contributed by atoms with E-state index in [1.54, 1.807) is 0 Å².